The first-order valence-corrected chi connectivity index (χ1v) is 7.20. The summed E-state index contributed by atoms with van der Waals surface area (Å²) in [7, 11) is 0. The number of aryl methyl sites for hydroxylation is 1. The van der Waals surface area contributed by atoms with Crippen LogP contribution in [-0.4, -0.2) is 9.97 Å². The lowest BCUT2D eigenvalue weighted by molar-refractivity contribution is 1.10. The average Bonchev–Trinajstić information content (AvgIpc) is 2.32. The fourth-order valence-corrected chi connectivity index (χ4v) is 2.49. The third-order valence-corrected chi connectivity index (χ3v) is 4.36. The van der Waals surface area contributed by atoms with Crippen LogP contribution in [0, 0.1) is 10.5 Å². The Kier molecular flexibility index (Phi) is 4.29. The molecule has 0 saturated carbocycles. The molecule has 0 aliphatic heterocycles. The second-order valence-electron chi connectivity index (χ2n) is 3.60. The third kappa shape index (κ3) is 2.86. The summed E-state index contributed by atoms with van der Waals surface area (Å²) in [5, 5.41) is 3.73. The molecular weight excluding hydrogens is 432 g/mol. The SMILES string of the molecule is Cc1cc(Br)c(Nc2nc[nH]c(=O)c2I)cc1Cl. The van der Waals surface area contributed by atoms with Crippen molar-refractivity contribution in [3.8, 4) is 0 Å². The van der Waals surface area contributed by atoms with Crippen molar-refractivity contribution < 1.29 is 0 Å². The normalized spacial score (nSPS) is 10.4. The van der Waals surface area contributed by atoms with E-state index < -0.39 is 0 Å². The van der Waals surface area contributed by atoms with E-state index in [-0.39, 0.29) is 5.56 Å². The van der Waals surface area contributed by atoms with E-state index in [0.717, 1.165) is 15.7 Å². The van der Waals surface area contributed by atoms with Crippen LogP contribution < -0.4 is 10.9 Å². The van der Waals surface area contributed by atoms with Gasteiger partial charge in [0.1, 0.15) is 3.57 Å². The number of nitrogens with one attached hydrogen (secondary N) is 2. The van der Waals surface area contributed by atoms with Crippen molar-refractivity contribution in [2.45, 2.75) is 6.92 Å². The van der Waals surface area contributed by atoms with Crippen molar-refractivity contribution >= 4 is 61.6 Å². The van der Waals surface area contributed by atoms with Gasteiger partial charge < -0.3 is 10.3 Å². The van der Waals surface area contributed by atoms with Crippen LogP contribution in [0.15, 0.2) is 27.7 Å². The van der Waals surface area contributed by atoms with Gasteiger partial charge >= 0.3 is 0 Å². The molecule has 1 aromatic heterocycles. The Balaban J connectivity index is 2.43. The first kappa shape index (κ1) is 13.8. The van der Waals surface area contributed by atoms with Gasteiger partial charge in [0.2, 0.25) is 0 Å². The molecule has 0 spiro atoms. The molecule has 0 fully saturated rings. The number of hydrogen-bond donors (Lipinski definition) is 2. The lowest BCUT2D eigenvalue weighted by Gasteiger charge is -2.10. The average molecular weight is 440 g/mol. The molecule has 7 heteroatoms. The van der Waals surface area contributed by atoms with Gasteiger partial charge in [0, 0.05) is 9.50 Å². The number of anilines is 2. The van der Waals surface area contributed by atoms with Gasteiger partial charge in [0.15, 0.2) is 5.82 Å². The van der Waals surface area contributed by atoms with Gasteiger partial charge in [-0.2, -0.15) is 0 Å². The maximum absolute atomic E-state index is 11.5. The Labute approximate surface area is 130 Å². The van der Waals surface area contributed by atoms with Gasteiger partial charge in [-0.05, 0) is 63.1 Å². The van der Waals surface area contributed by atoms with Crippen LogP contribution in [0.5, 0.6) is 0 Å². The van der Waals surface area contributed by atoms with E-state index in [4.69, 9.17) is 11.6 Å². The number of aromatic amines is 1. The first-order chi connectivity index (χ1) is 8.49. The highest BCUT2D eigenvalue weighted by molar-refractivity contribution is 14.1. The molecule has 0 unspecified atom stereocenters. The van der Waals surface area contributed by atoms with Gasteiger partial charge in [-0.25, -0.2) is 4.98 Å². The number of hydrogen-bond acceptors (Lipinski definition) is 3. The third-order valence-electron chi connectivity index (χ3n) is 2.30. The number of halogens is 3. The molecule has 94 valence electrons. The summed E-state index contributed by atoms with van der Waals surface area (Å²) >= 11 is 11.5. The maximum Gasteiger partial charge on any atom is 0.266 e. The predicted molar refractivity (Wildman–Crippen MR) is 84.7 cm³/mol. The van der Waals surface area contributed by atoms with Crippen molar-refractivity contribution in [2.75, 3.05) is 5.32 Å². The molecule has 1 heterocycles. The molecule has 0 amide bonds. The summed E-state index contributed by atoms with van der Waals surface area (Å²) in [6.45, 7) is 1.92. The fourth-order valence-electron chi connectivity index (χ4n) is 1.34. The van der Waals surface area contributed by atoms with Gasteiger partial charge in [0.05, 0.1) is 12.0 Å². The van der Waals surface area contributed by atoms with Crippen molar-refractivity contribution in [1.29, 1.82) is 0 Å². The molecule has 0 bridgehead atoms. The highest BCUT2D eigenvalue weighted by atomic mass is 127. The van der Waals surface area contributed by atoms with E-state index in [1.807, 2.05) is 35.6 Å². The van der Waals surface area contributed by atoms with E-state index in [1.165, 1.54) is 6.33 Å². The van der Waals surface area contributed by atoms with Crippen LogP contribution in [0.3, 0.4) is 0 Å². The molecule has 0 saturated heterocycles. The summed E-state index contributed by atoms with van der Waals surface area (Å²) in [6.07, 6.45) is 1.36. The monoisotopic (exact) mass is 439 g/mol. The number of nitrogens with zero attached hydrogens (tertiary/aromatic N) is 1. The number of aromatic nitrogens is 2. The van der Waals surface area contributed by atoms with Crippen LogP contribution in [-0.2, 0) is 0 Å². The van der Waals surface area contributed by atoms with Crippen LogP contribution in [0.4, 0.5) is 11.5 Å². The van der Waals surface area contributed by atoms with Crippen LogP contribution in [0.1, 0.15) is 5.56 Å². The van der Waals surface area contributed by atoms with E-state index >= 15 is 0 Å². The number of H-pyrrole nitrogens is 1. The Morgan fingerprint density at radius 1 is 1.50 bits per heavy atom. The quantitative estimate of drug-likeness (QED) is 0.698. The molecule has 18 heavy (non-hydrogen) atoms. The Morgan fingerprint density at radius 3 is 2.94 bits per heavy atom. The minimum Gasteiger partial charge on any atom is -0.338 e. The fraction of sp³-hybridized carbons (Fsp3) is 0.0909. The largest absolute Gasteiger partial charge is 0.338 e. The highest BCUT2D eigenvalue weighted by Crippen LogP contribution is 2.31. The van der Waals surface area contributed by atoms with E-state index in [2.05, 4.69) is 31.2 Å². The summed E-state index contributed by atoms with van der Waals surface area (Å²) in [5.74, 6) is 0.500. The minimum absolute atomic E-state index is 0.178. The van der Waals surface area contributed by atoms with Gasteiger partial charge in [0.25, 0.3) is 5.56 Å². The van der Waals surface area contributed by atoms with Gasteiger partial charge in [-0.3, -0.25) is 4.79 Å². The minimum atomic E-state index is -0.178. The Bertz CT molecular complexity index is 659. The summed E-state index contributed by atoms with van der Waals surface area (Å²) < 4.78 is 1.36. The number of benzene rings is 1. The van der Waals surface area contributed by atoms with E-state index in [0.29, 0.717) is 14.4 Å². The highest BCUT2D eigenvalue weighted by Gasteiger charge is 2.09. The van der Waals surface area contributed by atoms with Crippen molar-refractivity contribution in [3.63, 3.8) is 0 Å². The molecule has 2 aromatic rings. The standard InChI is InChI=1S/C11H8BrClIN3O/c1-5-2-6(12)8(3-7(5)13)17-10-9(14)11(18)16-4-15-10/h2-4H,1H3,(H2,15,16,17,18). The molecule has 0 aliphatic carbocycles. The molecule has 2 rings (SSSR count). The zero-order chi connectivity index (χ0) is 13.3. The second kappa shape index (κ2) is 5.58. The first-order valence-electron chi connectivity index (χ1n) is 4.95. The van der Waals surface area contributed by atoms with Crippen LogP contribution in [0.2, 0.25) is 5.02 Å². The molecule has 0 atom stereocenters. The molecular formula is C11H8BrClIN3O. The van der Waals surface area contributed by atoms with Gasteiger partial charge in [-0.15, -0.1) is 0 Å². The smallest absolute Gasteiger partial charge is 0.266 e. The molecule has 0 aliphatic rings. The molecule has 4 nitrogen and oxygen atoms in total. The molecule has 1 aromatic carbocycles. The van der Waals surface area contributed by atoms with E-state index in [1.54, 1.807) is 6.07 Å². The zero-order valence-corrected chi connectivity index (χ0v) is 13.7. The van der Waals surface area contributed by atoms with Crippen molar-refractivity contribution in [2.24, 2.45) is 0 Å². The lowest BCUT2D eigenvalue weighted by atomic mass is 10.2. The number of rotatable bonds is 2. The molecule has 2 N–H and O–H groups in total. The maximum atomic E-state index is 11.5. The second-order valence-corrected chi connectivity index (χ2v) is 5.94. The summed E-state index contributed by atoms with van der Waals surface area (Å²) in [4.78, 5) is 18.1. The van der Waals surface area contributed by atoms with E-state index in [9.17, 15) is 4.79 Å². The Morgan fingerprint density at radius 2 is 2.22 bits per heavy atom. The van der Waals surface area contributed by atoms with Crippen LogP contribution >= 0.6 is 50.1 Å². The molecule has 0 radical (unpaired) electrons. The Hall–Kier alpha value is -0.600. The predicted octanol–water partition coefficient (Wildman–Crippen LogP) is 3.84. The zero-order valence-electron chi connectivity index (χ0n) is 9.22. The topological polar surface area (TPSA) is 57.8 Å². The lowest BCUT2D eigenvalue weighted by Crippen LogP contribution is -2.13. The summed E-state index contributed by atoms with van der Waals surface area (Å²) in [6, 6.07) is 3.70. The summed E-state index contributed by atoms with van der Waals surface area (Å²) in [5.41, 5.74) is 1.56. The van der Waals surface area contributed by atoms with Crippen molar-refractivity contribution in [3.05, 3.63) is 47.4 Å². The van der Waals surface area contributed by atoms with Gasteiger partial charge in [-0.1, -0.05) is 11.6 Å². The van der Waals surface area contributed by atoms with Crippen molar-refractivity contribution in [1.82, 2.24) is 9.97 Å². The van der Waals surface area contributed by atoms with Crippen LogP contribution in [0.25, 0.3) is 0 Å².